The van der Waals surface area contributed by atoms with E-state index in [1.807, 2.05) is 12.1 Å². The van der Waals surface area contributed by atoms with E-state index < -0.39 is 5.97 Å². The number of carboxylic acids is 1. The summed E-state index contributed by atoms with van der Waals surface area (Å²) in [6.45, 7) is 0. The van der Waals surface area contributed by atoms with E-state index in [1.165, 1.54) is 6.08 Å². The van der Waals surface area contributed by atoms with Gasteiger partial charge in [-0.25, -0.2) is 4.79 Å². The molecule has 4 heteroatoms. The molecule has 1 fully saturated rings. The van der Waals surface area contributed by atoms with Crippen LogP contribution in [0.15, 0.2) is 24.3 Å². The minimum absolute atomic E-state index is 0.360. The second-order valence-electron chi connectivity index (χ2n) is 4.28. The fraction of sp³-hybridized carbons (Fsp3) is 0.357. The molecule has 0 spiro atoms. The molecule has 0 radical (unpaired) electrons. The predicted molar refractivity (Wildman–Crippen MR) is 67.9 cm³/mol. The third kappa shape index (κ3) is 2.64. The van der Waals surface area contributed by atoms with Gasteiger partial charge in [0.2, 0.25) is 0 Å². The average molecular weight is 248 g/mol. The van der Waals surface area contributed by atoms with Crippen molar-refractivity contribution in [3.8, 4) is 11.5 Å². The maximum atomic E-state index is 10.9. The Hall–Kier alpha value is -1.97. The lowest BCUT2D eigenvalue weighted by atomic mass is 10.0. The van der Waals surface area contributed by atoms with E-state index in [-0.39, 0.29) is 0 Å². The first-order valence-electron chi connectivity index (χ1n) is 5.82. The van der Waals surface area contributed by atoms with Crippen LogP contribution in [0.5, 0.6) is 11.5 Å². The number of methoxy groups -OCH3 is 2. The van der Waals surface area contributed by atoms with Crippen LogP contribution in [0.3, 0.4) is 0 Å². The quantitative estimate of drug-likeness (QED) is 0.814. The molecule has 0 atom stereocenters. The molecule has 0 heterocycles. The molecule has 1 N–H and O–H groups in total. The summed E-state index contributed by atoms with van der Waals surface area (Å²) in [5.74, 6) is 0.713. The third-order valence-electron chi connectivity index (χ3n) is 3.01. The van der Waals surface area contributed by atoms with Gasteiger partial charge in [-0.2, -0.15) is 0 Å². The summed E-state index contributed by atoms with van der Waals surface area (Å²) in [4.78, 5) is 10.9. The summed E-state index contributed by atoms with van der Waals surface area (Å²) >= 11 is 0. The monoisotopic (exact) mass is 248 g/mol. The average Bonchev–Trinajstić information content (AvgIpc) is 3.19. The number of aliphatic carboxylic acids is 1. The first-order valence-corrected chi connectivity index (χ1v) is 5.82. The van der Waals surface area contributed by atoms with Gasteiger partial charge in [-0.1, -0.05) is 6.07 Å². The van der Waals surface area contributed by atoms with Crippen molar-refractivity contribution in [1.29, 1.82) is 0 Å². The van der Waals surface area contributed by atoms with E-state index in [2.05, 4.69) is 0 Å². The number of rotatable bonds is 5. The number of hydrogen-bond donors (Lipinski definition) is 1. The molecule has 96 valence electrons. The first kappa shape index (κ1) is 12.5. The first-order chi connectivity index (χ1) is 8.65. The van der Waals surface area contributed by atoms with Gasteiger partial charge in [-0.3, -0.25) is 0 Å². The van der Waals surface area contributed by atoms with Crippen molar-refractivity contribution >= 4 is 11.5 Å². The predicted octanol–water partition coefficient (Wildman–Crippen LogP) is 2.58. The van der Waals surface area contributed by atoms with Crippen LogP contribution in [-0.2, 0) is 4.79 Å². The van der Waals surface area contributed by atoms with Crippen LogP contribution in [0.4, 0.5) is 0 Å². The minimum atomic E-state index is -0.910. The summed E-state index contributed by atoms with van der Waals surface area (Å²) in [6, 6.07) is 5.49. The van der Waals surface area contributed by atoms with E-state index in [4.69, 9.17) is 14.6 Å². The van der Waals surface area contributed by atoms with Crippen LogP contribution < -0.4 is 9.47 Å². The second-order valence-corrected chi connectivity index (χ2v) is 4.28. The Balaban J connectivity index is 2.39. The van der Waals surface area contributed by atoms with Crippen molar-refractivity contribution in [1.82, 2.24) is 0 Å². The van der Waals surface area contributed by atoms with Crippen LogP contribution in [0.1, 0.15) is 18.4 Å². The standard InChI is InChI=1S/C14H16O4/c1-17-12-6-5-10(7-13(12)18-2)11(8-14(15)16)9-3-4-9/h5-9H,3-4H2,1-2H3,(H,15,16). The summed E-state index contributed by atoms with van der Waals surface area (Å²) in [6.07, 6.45) is 3.39. The van der Waals surface area contributed by atoms with Crippen LogP contribution >= 0.6 is 0 Å². The molecule has 0 aromatic heterocycles. The zero-order valence-electron chi connectivity index (χ0n) is 10.5. The van der Waals surface area contributed by atoms with Gasteiger partial charge in [0.15, 0.2) is 11.5 Å². The summed E-state index contributed by atoms with van der Waals surface area (Å²) in [5, 5.41) is 8.92. The van der Waals surface area contributed by atoms with E-state index in [0.717, 1.165) is 24.0 Å². The van der Waals surface area contributed by atoms with Gasteiger partial charge in [0, 0.05) is 6.08 Å². The van der Waals surface area contributed by atoms with Crippen molar-refractivity contribution in [3.05, 3.63) is 29.8 Å². The summed E-state index contributed by atoms with van der Waals surface area (Å²) in [7, 11) is 3.14. The Morgan fingerprint density at radius 1 is 1.28 bits per heavy atom. The lowest BCUT2D eigenvalue weighted by molar-refractivity contribution is -0.131. The van der Waals surface area contributed by atoms with Crippen molar-refractivity contribution in [2.24, 2.45) is 5.92 Å². The van der Waals surface area contributed by atoms with E-state index in [1.54, 1.807) is 20.3 Å². The van der Waals surface area contributed by atoms with Crippen LogP contribution in [0.25, 0.3) is 5.57 Å². The van der Waals surface area contributed by atoms with Gasteiger partial charge in [0.1, 0.15) is 0 Å². The molecule has 0 unspecified atom stereocenters. The van der Waals surface area contributed by atoms with Crippen molar-refractivity contribution in [2.75, 3.05) is 14.2 Å². The third-order valence-corrected chi connectivity index (χ3v) is 3.01. The highest BCUT2D eigenvalue weighted by Gasteiger charge is 2.28. The second kappa shape index (κ2) is 5.12. The van der Waals surface area contributed by atoms with Crippen LogP contribution in [0.2, 0.25) is 0 Å². The van der Waals surface area contributed by atoms with E-state index in [0.29, 0.717) is 17.4 Å². The van der Waals surface area contributed by atoms with Gasteiger partial charge in [-0.05, 0) is 42.0 Å². The molecule has 1 saturated carbocycles. The highest BCUT2D eigenvalue weighted by Crippen LogP contribution is 2.43. The molecule has 18 heavy (non-hydrogen) atoms. The number of ether oxygens (including phenoxy) is 2. The van der Waals surface area contributed by atoms with Gasteiger partial charge >= 0.3 is 5.97 Å². The Morgan fingerprint density at radius 2 is 1.94 bits per heavy atom. The Kier molecular flexibility index (Phi) is 3.55. The fourth-order valence-corrected chi connectivity index (χ4v) is 1.98. The zero-order valence-corrected chi connectivity index (χ0v) is 10.5. The highest BCUT2D eigenvalue weighted by atomic mass is 16.5. The maximum Gasteiger partial charge on any atom is 0.328 e. The lowest BCUT2D eigenvalue weighted by Crippen LogP contribution is -1.96. The summed E-state index contributed by atoms with van der Waals surface area (Å²) in [5.41, 5.74) is 1.75. The number of allylic oxidation sites excluding steroid dienone is 1. The topological polar surface area (TPSA) is 55.8 Å². The zero-order chi connectivity index (χ0) is 13.1. The minimum Gasteiger partial charge on any atom is -0.493 e. The van der Waals surface area contributed by atoms with Gasteiger partial charge < -0.3 is 14.6 Å². The molecular formula is C14H16O4. The van der Waals surface area contributed by atoms with Gasteiger partial charge in [-0.15, -0.1) is 0 Å². The van der Waals surface area contributed by atoms with Crippen molar-refractivity contribution in [3.63, 3.8) is 0 Å². The molecule has 1 aromatic carbocycles. The fourth-order valence-electron chi connectivity index (χ4n) is 1.98. The molecule has 2 rings (SSSR count). The Bertz CT molecular complexity index is 487. The molecular weight excluding hydrogens is 232 g/mol. The van der Waals surface area contributed by atoms with Gasteiger partial charge in [0.05, 0.1) is 14.2 Å². The molecule has 4 nitrogen and oxygen atoms in total. The SMILES string of the molecule is COc1ccc(C(=CC(=O)O)C2CC2)cc1OC. The van der Waals surface area contributed by atoms with Crippen LogP contribution in [-0.4, -0.2) is 25.3 Å². The largest absolute Gasteiger partial charge is 0.493 e. The van der Waals surface area contributed by atoms with E-state index >= 15 is 0 Å². The number of benzene rings is 1. The maximum absolute atomic E-state index is 10.9. The lowest BCUT2D eigenvalue weighted by Gasteiger charge is -2.11. The number of carboxylic acid groups (broad SMARTS) is 1. The smallest absolute Gasteiger partial charge is 0.328 e. The Labute approximate surface area is 106 Å². The van der Waals surface area contributed by atoms with E-state index in [9.17, 15) is 4.79 Å². The molecule has 0 amide bonds. The molecule has 0 saturated heterocycles. The van der Waals surface area contributed by atoms with Crippen molar-refractivity contribution in [2.45, 2.75) is 12.8 Å². The number of hydrogen-bond acceptors (Lipinski definition) is 3. The highest BCUT2D eigenvalue weighted by molar-refractivity contribution is 5.91. The number of carbonyl (C=O) groups is 1. The molecule has 1 aromatic rings. The molecule has 0 bridgehead atoms. The summed E-state index contributed by atoms with van der Waals surface area (Å²) < 4.78 is 10.4. The van der Waals surface area contributed by atoms with Crippen LogP contribution in [0, 0.1) is 5.92 Å². The normalized spacial score (nSPS) is 15.3. The Morgan fingerprint density at radius 3 is 2.44 bits per heavy atom. The molecule has 0 aliphatic heterocycles. The van der Waals surface area contributed by atoms with Crippen molar-refractivity contribution < 1.29 is 19.4 Å². The molecule has 1 aliphatic carbocycles. The molecule has 1 aliphatic rings. The van der Waals surface area contributed by atoms with Gasteiger partial charge in [0.25, 0.3) is 0 Å².